The first-order chi connectivity index (χ1) is 18.0. The first-order valence-electron chi connectivity index (χ1n) is 11.8. The maximum atomic E-state index is 13.1. The van der Waals surface area contributed by atoms with E-state index in [4.69, 9.17) is 11.5 Å². The Bertz CT molecular complexity index is 1360. The molecular formula is C28H31N5O2S3. The van der Waals surface area contributed by atoms with Crippen LogP contribution in [0.4, 0.5) is 10.8 Å². The number of nitrogens with zero attached hydrogens (tertiary/aromatic N) is 1. The Hall–Kier alpha value is -3.31. The average Bonchev–Trinajstić information content (AvgIpc) is 3.40. The molecule has 0 aliphatic carbocycles. The van der Waals surface area contributed by atoms with Crippen molar-refractivity contribution >= 4 is 59.2 Å². The molecule has 1 aromatic heterocycles. The Balaban J connectivity index is 0.00000400. The van der Waals surface area contributed by atoms with Crippen LogP contribution in [-0.4, -0.2) is 34.8 Å². The minimum Gasteiger partial charge on any atom is -0.399 e. The number of hydrogen-bond donors (Lipinski definition) is 4. The summed E-state index contributed by atoms with van der Waals surface area (Å²) in [5.41, 5.74) is 17.4. The Morgan fingerprint density at radius 2 is 1.71 bits per heavy atom. The number of carbonyl (C=O) groups excluding carboxylic acids is 2. The lowest BCUT2D eigenvalue weighted by Crippen LogP contribution is -2.44. The van der Waals surface area contributed by atoms with Gasteiger partial charge in [0.2, 0.25) is 5.91 Å². The molecule has 0 aliphatic heterocycles. The summed E-state index contributed by atoms with van der Waals surface area (Å²) in [4.78, 5) is 30.4. The summed E-state index contributed by atoms with van der Waals surface area (Å²) in [5.74, 6) is 0.104. The molecule has 10 heteroatoms. The number of benzene rings is 3. The summed E-state index contributed by atoms with van der Waals surface area (Å²) >= 11 is 2.96. The van der Waals surface area contributed by atoms with Gasteiger partial charge in [0.15, 0.2) is 5.13 Å². The first kappa shape index (κ1) is 29.2. The van der Waals surface area contributed by atoms with Crippen molar-refractivity contribution in [3.8, 4) is 22.4 Å². The van der Waals surface area contributed by atoms with Gasteiger partial charge in [-0.1, -0.05) is 42.5 Å². The molecule has 0 spiro atoms. The molecule has 2 amide bonds. The van der Waals surface area contributed by atoms with E-state index < -0.39 is 6.04 Å². The maximum absolute atomic E-state index is 13.1. The molecule has 7 nitrogen and oxygen atoms in total. The van der Waals surface area contributed by atoms with Gasteiger partial charge in [0, 0.05) is 28.7 Å². The SMILES string of the molecule is CSCC[C@H](NC(=O)c1ccc(N)cc1)C(=O)Nc1nc(-c2cccc(-c3ccc(CN)cc3)c2)cs1.S. The summed E-state index contributed by atoms with van der Waals surface area (Å²) in [7, 11) is 0. The fourth-order valence-corrected chi connectivity index (χ4v) is 4.92. The number of aromatic nitrogens is 1. The molecule has 0 unspecified atom stereocenters. The standard InChI is InChI=1S/C28H29N5O2S2.H2S/c1-36-14-13-24(31-26(34)20-9-11-23(30)12-10-20)27(35)33-28-32-25(17-37-28)22-4-2-3-21(15-22)19-7-5-18(16-29)6-8-19;/h2-12,15,17,24H,13-14,16,29-30H2,1H3,(H,31,34)(H,32,33,35);1H2/t24-;/m0./s1. The summed E-state index contributed by atoms with van der Waals surface area (Å²) in [6.07, 6.45) is 2.46. The second-order valence-electron chi connectivity index (χ2n) is 8.44. The molecule has 198 valence electrons. The van der Waals surface area contributed by atoms with Gasteiger partial charge in [-0.25, -0.2) is 4.98 Å². The van der Waals surface area contributed by atoms with E-state index in [1.54, 1.807) is 36.0 Å². The summed E-state index contributed by atoms with van der Waals surface area (Å²) < 4.78 is 0. The van der Waals surface area contributed by atoms with Crippen molar-refractivity contribution in [2.75, 3.05) is 23.1 Å². The Labute approximate surface area is 237 Å². The average molecular weight is 566 g/mol. The van der Waals surface area contributed by atoms with E-state index >= 15 is 0 Å². The van der Waals surface area contributed by atoms with Gasteiger partial charge in [0.25, 0.3) is 5.91 Å². The molecular weight excluding hydrogens is 535 g/mol. The van der Waals surface area contributed by atoms with E-state index in [0.717, 1.165) is 33.7 Å². The van der Waals surface area contributed by atoms with Crippen LogP contribution in [0.15, 0.2) is 78.2 Å². The Kier molecular flexibility index (Phi) is 10.8. The van der Waals surface area contributed by atoms with Gasteiger partial charge in [-0.15, -0.1) is 11.3 Å². The highest BCUT2D eigenvalue weighted by Crippen LogP contribution is 2.29. The highest BCUT2D eigenvalue weighted by Gasteiger charge is 2.22. The number of anilines is 2. The fraction of sp³-hybridized carbons (Fsp3) is 0.179. The molecule has 0 saturated heterocycles. The van der Waals surface area contributed by atoms with Gasteiger partial charge in [-0.2, -0.15) is 25.3 Å². The van der Waals surface area contributed by atoms with Gasteiger partial charge >= 0.3 is 0 Å². The highest BCUT2D eigenvalue weighted by atomic mass is 32.2. The van der Waals surface area contributed by atoms with Gasteiger partial charge in [0.1, 0.15) is 6.04 Å². The molecule has 0 radical (unpaired) electrons. The Morgan fingerprint density at radius 3 is 2.39 bits per heavy atom. The zero-order valence-electron chi connectivity index (χ0n) is 20.9. The second kappa shape index (κ2) is 14.0. The van der Waals surface area contributed by atoms with Crippen LogP contribution in [0.5, 0.6) is 0 Å². The molecule has 0 aliphatic rings. The number of hydrogen-bond acceptors (Lipinski definition) is 7. The van der Waals surface area contributed by atoms with Crippen LogP contribution >= 0.6 is 36.6 Å². The minimum absolute atomic E-state index is 0. The Morgan fingerprint density at radius 1 is 1.00 bits per heavy atom. The molecule has 1 atom stereocenters. The maximum Gasteiger partial charge on any atom is 0.251 e. The number of thiazole rings is 1. The first-order valence-corrected chi connectivity index (χ1v) is 14.1. The lowest BCUT2D eigenvalue weighted by Gasteiger charge is -2.17. The molecule has 6 N–H and O–H groups in total. The monoisotopic (exact) mass is 565 g/mol. The largest absolute Gasteiger partial charge is 0.399 e. The van der Waals surface area contributed by atoms with Crippen LogP contribution in [0, 0.1) is 0 Å². The van der Waals surface area contributed by atoms with Gasteiger partial charge in [-0.3, -0.25) is 9.59 Å². The number of nitrogen functional groups attached to an aromatic ring is 1. The normalized spacial score (nSPS) is 11.3. The highest BCUT2D eigenvalue weighted by molar-refractivity contribution is 7.98. The van der Waals surface area contributed by atoms with Crippen molar-refractivity contribution in [2.45, 2.75) is 19.0 Å². The lowest BCUT2D eigenvalue weighted by molar-refractivity contribution is -0.118. The van der Waals surface area contributed by atoms with E-state index in [1.165, 1.54) is 11.3 Å². The predicted molar refractivity (Wildman–Crippen MR) is 165 cm³/mol. The van der Waals surface area contributed by atoms with Crippen LogP contribution in [0.1, 0.15) is 22.3 Å². The third kappa shape index (κ3) is 7.61. The van der Waals surface area contributed by atoms with Crippen molar-refractivity contribution in [3.63, 3.8) is 0 Å². The van der Waals surface area contributed by atoms with E-state index in [0.29, 0.717) is 29.3 Å². The van der Waals surface area contributed by atoms with Gasteiger partial charge < -0.3 is 22.1 Å². The molecule has 0 fully saturated rings. The van der Waals surface area contributed by atoms with E-state index in [-0.39, 0.29) is 25.3 Å². The van der Waals surface area contributed by atoms with E-state index in [1.807, 2.05) is 35.9 Å². The number of nitrogens with one attached hydrogen (secondary N) is 2. The van der Waals surface area contributed by atoms with Crippen LogP contribution < -0.4 is 22.1 Å². The molecule has 3 aromatic carbocycles. The van der Waals surface area contributed by atoms with Crippen molar-refractivity contribution in [1.82, 2.24) is 10.3 Å². The van der Waals surface area contributed by atoms with Gasteiger partial charge in [-0.05, 0) is 65.5 Å². The number of rotatable bonds is 10. The van der Waals surface area contributed by atoms with Crippen molar-refractivity contribution in [2.24, 2.45) is 5.73 Å². The quantitative estimate of drug-likeness (QED) is 0.198. The lowest BCUT2D eigenvalue weighted by atomic mass is 10.0. The number of nitrogens with two attached hydrogens (primary N) is 2. The van der Waals surface area contributed by atoms with Crippen LogP contribution in [0.25, 0.3) is 22.4 Å². The molecule has 0 bridgehead atoms. The van der Waals surface area contributed by atoms with Gasteiger partial charge in [0.05, 0.1) is 5.69 Å². The summed E-state index contributed by atoms with van der Waals surface area (Å²) in [6, 6.07) is 22.2. The van der Waals surface area contributed by atoms with Crippen LogP contribution in [-0.2, 0) is 11.3 Å². The molecule has 38 heavy (non-hydrogen) atoms. The smallest absolute Gasteiger partial charge is 0.251 e. The van der Waals surface area contributed by atoms with E-state index in [2.05, 4.69) is 39.9 Å². The zero-order valence-corrected chi connectivity index (χ0v) is 23.6. The fourth-order valence-electron chi connectivity index (χ4n) is 3.73. The third-order valence-electron chi connectivity index (χ3n) is 5.82. The number of amides is 2. The van der Waals surface area contributed by atoms with Crippen LogP contribution in [0.3, 0.4) is 0 Å². The zero-order chi connectivity index (χ0) is 26.2. The summed E-state index contributed by atoms with van der Waals surface area (Å²) in [6.45, 7) is 0.511. The molecule has 0 saturated carbocycles. The predicted octanol–water partition coefficient (Wildman–Crippen LogP) is 5.12. The topological polar surface area (TPSA) is 123 Å². The summed E-state index contributed by atoms with van der Waals surface area (Å²) in [5, 5.41) is 8.12. The second-order valence-corrected chi connectivity index (χ2v) is 10.3. The molecule has 4 aromatic rings. The van der Waals surface area contributed by atoms with E-state index in [9.17, 15) is 9.59 Å². The minimum atomic E-state index is -0.690. The van der Waals surface area contributed by atoms with Crippen molar-refractivity contribution in [3.05, 3.63) is 89.3 Å². The van der Waals surface area contributed by atoms with Crippen molar-refractivity contribution in [1.29, 1.82) is 0 Å². The van der Waals surface area contributed by atoms with Crippen molar-refractivity contribution < 1.29 is 9.59 Å². The third-order valence-corrected chi connectivity index (χ3v) is 7.22. The molecule has 1 heterocycles. The molecule has 4 rings (SSSR count). The number of thioether (sulfide) groups is 1. The van der Waals surface area contributed by atoms with Crippen LogP contribution in [0.2, 0.25) is 0 Å². The number of carbonyl (C=O) groups is 2.